The number of benzene rings is 1. The van der Waals surface area contributed by atoms with Crippen molar-refractivity contribution in [2.75, 3.05) is 16.8 Å². The van der Waals surface area contributed by atoms with E-state index in [0.717, 1.165) is 5.56 Å². The summed E-state index contributed by atoms with van der Waals surface area (Å²) in [4.78, 5) is 12.1. The summed E-state index contributed by atoms with van der Waals surface area (Å²) >= 11 is 0. The monoisotopic (exact) mass is 337 g/mol. The van der Waals surface area contributed by atoms with Crippen molar-refractivity contribution in [1.29, 1.82) is 0 Å². The summed E-state index contributed by atoms with van der Waals surface area (Å²) in [6, 6.07) is 6.33. The van der Waals surface area contributed by atoms with Gasteiger partial charge in [-0.1, -0.05) is 13.0 Å². The van der Waals surface area contributed by atoms with E-state index in [1.54, 1.807) is 25.3 Å². The minimum atomic E-state index is -3.07. The maximum Gasteiger partial charge on any atom is 0.260 e. The molecule has 0 saturated carbocycles. The zero-order valence-corrected chi connectivity index (χ0v) is 13.8. The molecule has 0 aliphatic carbocycles. The number of nitrogens with zero attached hydrogens (tertiary/aromatic N) is 2. The van der Waals surface area contributed by atoms with E-state index in [0.29, 0.717) is 5.82 Å². The van der Waals surface area contributed by atoms with Gasteiger partial charge in [-0.05, 0) is 24.6 Å². The number of aryl methyl sites for hydroxylation is 2. The van der Waals surface area contributed by atoms with Gasteiger partial charge in [0.2, 0.25) is 0 Å². The minimum Gasteiger partial charge on any atom is -0.507 e. The topological polar surface area (TPSA) is 101 Å². The molecule has 1 aromatic heterocycles. The standard InChI is InChI=1S/C15H19N3O4S/c1-3-23(21,22)9-8-18-7-6-14(17-18)16-15(20)12-5-4-11(2)10-13(12)19/h4-7,10,19H,3,8-9H2,1-2H3,(H,16,17,20). The molecule has 0 unspecified atom stereocenters. The van der Waals surface area contributed by atoms with E-state index in [1.165, 1.54) is 16.8 Å². The number of amides is 1. The average molecular weight is 337 g/mol. The van der Waals surface area contributed by atoms with E-state index in [2.05, 4.69) is 10.4 Å². The Labute approximate surface area is 134 Å². The molecule has 1 heterocycles. The Morgan fingerprint density at radius 3 is 2.74 bits per heavy atom. The molecule has 0 radical (unpaired) electrons. The van der Waals surface area contributed by atoms with Gasteiger partial charge in [0.1, 0.15) is 5.75 Å². The van der Waals surface area contributed by atoms with Crippen LogP contribution in [-0.2, 0) is 16.4 Å². The molecule has 0 aliphatic rings. The van der Waals surface area contributed by atoms with E-state index in [9.17, 15) is 18.3 Å². The Kier molecular flexibility index (Phi) is 5.05. The van der Waals surface area contributed by atoms with Gasteiger partial charge in [-0.15, -0.1) is 0 Å². The van der Waals surface area contributed by atoms with Crippen molar-refractivity contribution in [2.45, 2.75) is 20.4 Å². The number of anilines is 1. The van der Waals surface area contributed by atoms with E-state index in [-0.39, 0.29) is 29.4 Å². The zero-order chi connectivity index (χ0) is 17.0. The number of nitrogens with one attached hydrogen (secondary N) is 1. The van der Waals surface area contributed by atoms with E-state index >= 15 is 0 Å². The van der Waals surface area contributed by atoms with Crippen molar-refractivity contribution in [1.82, 2.24) is 9.78 Å². The molecule has 1 amide bonds. The second-order valence-corrected chi connectivity index (χ2v) is 7.65. The first-order chi connectivity index (χ1) is 10.8. The zero-order valence-electron chi connectivity index (χ0n) is 13.0. The number of rotatable bonds is 6. The molecule has 23 heavy (non-hydrogen) atoms. The summed E-state index contributed by atoms with van der Waals surface area (Å²) in [5, 5.41) is 16.5. The molecule has 0 fully saturated rings. The molecule has 0 spiro atoms. The number of aromatic nitrogens is 2. The largest absolute Gasteiger partial charge is 0.507 e. The van der Waals surface area contributed by atoms with Gasteiger partial charge in [0, 0.05) is 18.0 Å². The predicted molar refractivity (Wildman–Crippen MR) is 87.4 cm³/mol. The minimum absolute atomic E-state index is 0.00266. The predicted octanol–water partition coefficient (Wildman–Crippen LogP) is 1.58. The molecular weight excluding hydrogens is 318 g/mol. The summed E-state index contributed by atoms with van der Waals surface area (Å²) < 4.78 is 24.4. The maximum atomic E-state index is 12.1. The Morgan fingerprint density at radius 2 is 2.09 bits per heavy atom. The molecule has 2 rings (SSSR count). The van der Waals surface area contributed by atoms with Crippen LogP contribution in [-0.4, -0.2) is 40.7 Å². The molecular formula is C15H19N3O4S. The van der Waals surface area contributed by atoms with Crippen LogP contribution in [0.3, 0.4) is 0 Å². The van der Waals surface area contributed by atoms with Gasteiger partial charge in [0.05, 0.1) is 17.9 Å². The Hall–Kier alpha value is -2.35. The molecule has 0 atom stereocenters. The molecule has 1 aromatic carbocycles. The second-order valence-electron chi connectivity index (χ2n) is 5.18. The molecule has 2 aromatic rings. The normalized spacial score (nSPS) is 11.4. The lowest BCUT2D eigenvalue weighted by Gasteiger charge is -2.05. The molecule has 124 valence electrons. The fourth-order valence-corrected chi connectivity index (χ4v) is 2.70. The smallest absolute Gasteiger partial charge is 0.260 e. The average Bonchev–Trinajstić information content (AvgIpc) is 2.92. The van der Waals surface area contributed by atoms with Crippen LogP contribution in [0.4, 0.5) is 5.82 Å². The van der Waals surface area contributed by atoms with E-state index in [4.69, 9.17) is 0 Å². The number of hydrogen-bond donors (Lipinski definition) is 2. The highest BCUT2D eigenvalue weighted by Crippen LogP contribution is 2.19. The van der Waals surface area contributed by atoms with Crippen molar-refractivity contribution < 1.29 is 18.3 Å². The van der Waals surface area contributed by atoms with Gasteiger partial charge < -0.3 is 10.4 Å². The number of phenolic OH excluding ortho intramolecular Hbond substituents is 1. The van der Waals surface area contributed by atoms with Crippen molar-refractivity contribution in [2.24, 2.45) is 0 Å². The van der Waals surface area contributed by atoms with Crippen molar-refractivity contribution in [3.63, 3.8) is 0 Å². The highest BCUT2D eigenvalue weighted by atomic mass is 32.2. The van der Waals surface area contributed by atoms with Crippen molar-refractivity contribution in [3.05, 3.63) is 41.6 Å². The third-order valence-corrected chi connectivity index (χ3v) is 5.04. The molecule has 0 saturated heterocycles. The van der Waals surface area contributed by atoms with Crippen LogP contribution in [0, 0.1) is 6.92 Å². The summed E-state index contributed by atoms with van der Waals surface area (Å²) in [5.41, 5.74) is 0.999. The summed E-state index contributed by atoms with van der Waals surface area (Å²) in [5.74, 6) is -0.198. The van der Waals surface area contributed by atoms with Crippen LogP contribution in [0.15, 0.2) is 30.5 Å². The van der Waals surface area contributed by atoms with Crippen LogP contribution in [0.5, 0.6) is 5.75 Å². The van der Waals surface area contributed by atoms with E-state index < -0.39 is 15.7 Å². The number of carbonyl (C=O) groups excluding carboxylic acids is 1. The molecule has 7 nitrogen and oxygen atoms in total. The third-order valence-electron chi connectivity index (χ3n) is 3.35. The maximum absolute atomic E-state index is 12.1. The first-order valence-electron chi connectivity index (χ1n) is 7.15. The Balaban J connectivity index is 2.02. The fraction of sp³-hybridized carbons (Fsp3) is 0.333. The van der Waals surface area contributed by atoms with Crippen molar-refractivity contribution in [3.8, 4) is 5.75 Å². The SMILES string of the molecule is CCS(=O)(=O)CCn1ccc(NC(=O)c2ccc(C)cc2O)n1. The summed E-state index contributed by atoms with van der Waals surface area (Å²) in [7, 11) is -3.07. The molecule has 0 bridgehead atoms. The Morgan fingerprint density at radius 1 is 1.35 bits per heavy atom. The number of phenols is 1. The fourth-order valence-electron chi connectivity index (χ4n) is 1.95. The van der Waals surface area contributed by atoms with E-state index in [1.807, 2.05) is 6.92 Å². The van der Waals surface area contributed by atoms with Crippen LogP contribution in [0.2, 0.25) is 0 Å². The van der Waals surface area contributed by atoms with Gasteiger partial charge >= 0.3 is 0 Å². The molecule has 8 heteroatoms. The lowest BCUT2D eigenvalue weighted by Crippen LogP contribution is -2.16. The van der Waals surface area contributed by atoms with Gasteiger partial charge in [0.25, 0.3) is 5.91 Å². The van der Waals surface area contributed by atoms with Crippen LogP contribution in [0.25, 0.3) is 0 Å². The van der Waals surface area contributed by atoms with Crippen LogP contribution < -0.4 is 5.32 Å². The lowest BCUT2D eigenvalue weighted by atomic mass is 10.1. The Bertz CT molecular complexity index is 812. The number of hydrogen-bond acceptors (Lipinski definition) is 5. The van der Waals surface area contributed by atoms with Gasteiger partial charge in [-0.2, -0.15) is 5.10 Å². The number of carbonyl (C=O) groups is 1. The van der Waals surface area contributed by atoms with Gasteiger partial charge in [0.15, 0.2) is 15.7 Å². The van der Waals surface area contributed by atoms with Gasteiger partial charge in [-0.25, -0.2) is 8.42 Å². The first-order valence-corrected chi connectivity index (χ1v) is 8.97. The number of aromatic hydroxyl groups is 1. The summed E-state index contributed by atoms with van der Waals surface area (Å²) in [6.07, 6.45) is 1.59. The molecule has 2 N–H and O–H groups in total. The quantitative estimate of drug-likeness (QED) is 0.833. The second kappa shape index (κ2) is 6.82. The van der Waals surface area contributed by atoms with Crippen LogP contribution >= 0.6 is 0 Å². The van der Waals surface area contributed by atoms with Crippen LogP contribution in [0.1, 0.15) is 22.8 Å². The third kappa shape index (κ3) is 4.56. The highest BCUT2D eigenvalue weighted by molar-refractivity contribution is 7.91. The summed E-state index contributed by atoms with van der Waals surface area (Å²) in [6.45, 7) is 3.63. The number of sulfone groups is 1. The first kappa shape index (κ1) is 17.0. The molecule has 0 aliphatic heterocycles. The van der Waals surface area contributed by atoms with Gasteiger partial charge in [-0.3, -0.25) is 9.48 Å². The lowest BCUT2D eigenvalue weighted by molar-refractivity contribution is 0.102. The highest BCUT2D eigenvalue weighted by Gasteiger charge is 2.13. The van der Waals surface area contributed by atoms with Crippen molar-refractivity contribution >= 4 is 21.6 Å².